The van der Waals surface area contributed by atoms with Crippen molar-refractivity contribution in [2.75, 3.05) is 19.6 Å². The highest BCUT2D eigenvalue weighted by Gasteiger charge is 2.21. The minimum atomic E-state index is 0.112. The number of aryl methyl sites for hydroxylation is 2. The van der Waals surface area contributed by atoms with Crippen molar-refractivity contribution in [1.29, 1.82) is 0 Å². The first-order valence-electron chi connectivity index (χ1n) is 10.3. The number of hydrogen-bond donors (Lipinski definition) is 1. The fraction of sp³-hybridized carbons (Fsp3) is 0.522. The zero-order valence-electron chi connectivity index (χ0n) is 16.5. The van der Waals surface area contributed by atoms with Crippen LogP contribution in [0.15, 0.2) is 34.5 Å². The molecule has 1 aliphatic carbocycles. The van der Waals surface area contributed by atoms with E-state index >= 15 is 0 Å². The monoisotopic (exact) mass is 366 g/mol. The Morgan fingerprint density at radius 1 is 1.22 bits per heavy atom. The molecule has 4 heteroatoms. The lowest BCUT2D eigenvalue weighted by molar-refractivity contribution is -0.121. The van der Waals surface area contributed by atoms with Crippen LogP contribution in [0.3, 0.4) is 0 Å². The van der Waals surface area contributed by atoms with Gasteiger partial charge in [0.15, 0.2) is 0 Å². The zero-order valence-corrected chi connectivity index (χ0v) is 16.5. The van der Waals surface area contributed by atoms with Crippen LogP contribution in [0.5, 0.6) is 0 Å². The third kappa shape index (κ3) is 4.27. The number of likely N-dealkylation sites (tertiary alicyclic amines) is 1. The molecular weight excluding hydrogens is 336 g/mol. The van der Waals surface area contributed by atoms with Gasteiger partial charge in [-0.05, 0) is 69.2 Å². The van der Waals surface area contributed by atoms with Crippen LogP contribution < -0.4 is 5.32 Å². The Morgan fingerprint density at radius 2 is 1.96 bits per heavy atom. The third-order valence-corrected chi connectivity index (χ3v) is 5.93. The van der Waals surface area contributed by atoms with Crippen LogP contribution in [0.1, 0.15) is 49.8 Å². The van der Waals surface area contributed by atoms with Gasteiger partial charge in [0.05, 0.1) is 12.7 Å². The first-order chi connectivity index (χ1) is 13.1. The van der Waals surface area contributed by atoms with E-state index in [4.69, 9.17) is 4.42 Å². The van der Waals surface area contributed by atoms with Crippen molar-refractivity contribution in [3.63, 3.8) is 0 Å². The topological polar surface area (TPSA) is 45.5 Å². The Kier molecular flexibility index (Phi) is 5.35. The van der Waals surface area contributed by atoms with E-state index in [1.54, 1.807) is 6.26 Å². The second-order valence-electron chi connectivity index (χ2n) is 8.33. The minimum Gasteiger partial charge on any atom is -0.464 e. The number of carbonyl (C=O) groups excluding carboxylic acids is 1. The van der Waals surface area contributed by atoms with Gasteiger partial charge in [0, 0.05) is 36.6 Å². The lowest BCUT2D eigenvalue weighted by Crippen LogP contribution is -2.45. The molecule has 1 aromatic heterocycles. The van der Waals surface area contributed by atoms with Gasteiger partial charge in [-0.15, -0.1) is 0 Å². The summed E-state index contributed by atoms with van der Waals surface area (Å²) in [6.45, 7) is 7.40. The summed E-state index contributed by atoms with van der Waals surface area (Å²) in [5.74, 6) is 0.112. The number of carbonyl (C=O) groups is 1. The Balaban J connectivity index is 1.33. The Labute approximate surface area is 161 Å². The van der Waals surface area contributed by atoms with Crippen molar-refractivity contribution >= 4 is 16.9 Å². The van der Waals surface area contributed by atoms with Gasteiger partial charge in [-0.2, -0.15) is 0 Å². The van der Waals surface area contributed by atoms with Gasteiger partial charge in [0.2, 0.25) is 5.91 Å². The molecule has 0 radical (unpaired) electrons. The summed E-state index contributed by atoms with van der Waals surface area (Å²) in [7, 11) is 0. The van der Waals surface area contributed by atoms with Crippen LogP contribution in [0.2, 0.25) is 0 Å². The van der Waals surface area contributed by atoms with E-state index in [2.05, 4.69) is 42.3 Å². The normalized spacial score (nSPS) is 17.9. The number of fused-ring (bicyclic) bond motifs is 2. The van der Waals surface area contributed by atoms with Gasteiger partial charge >= 0.3 is 0 Å². The molecule has 1 saturated heterocycles. The summed E-state index contributed by atoms with van der Waals surface area (Å²) in [6.07, 6.45) is 10.0. The number of nitrogens with one attached hydrogen (secondary N) is 1. The third-order valence-electron chi connectivity index (χ3n) is 5.93. The van der Waals surface area contributed by atoms with Gasteiger partial charge in [-0.3, -0.25) is 9.69 Å². The second-order valence-corrected chi connectivity index (χ2v) is 8.33. The van der Waals surface area contributed by atoms with E-state index in [1.807, 2.05) is 0 Å². The lowest BCUT2D eigenvalue weighted by atomic mass is 10.0. The Bertz CT molecular complexity index is 853. The first kappa shape index (κ1) is 18.3. The van der Waals surface area contributed by atoms with Crippen LogP contribution in [0.4, 0.5) is 0 Å². The predicted octanol–water partition coefficient (Wildman–Crippen LogP) is 4.01. The van der Waals surface area contributed by atoms with Gasteiger partial charge in [-0.1, -0.05) is 11.6 Å². The second kappa shape index (κ2) is 7.89. The fourth-order valence-corrected chi connectivity index (χ4v) is 4.31. The molecule has 2 aromatic rings. The first-order valence-corrected chi connectivity index (χ1v) is 10.3. The number of furan rings is 1. The molecule has 1 aromatic carbocycles. The van der Waals surface area contributed by atoms with Crippen LogP contribution in [-0.4, -0.2) is 36.5 Å². The van der Waals surface area contributed by atoms with E-state index in [0.717, 1.165) is 61.9 Å². The number of allylic oxidation sites excluding steroid dienone is 1. The summed E-state index contributed by atoms with van der Waals surface area (Å²) < 4.78 is 5.73. The Morgan fingerprint density at radius 3 is 2.70 bits per heavy atom. The largest absolute Gasteiger partial charge is 0.464 e. The maximum absolute atomic E-state index is 12.6. The van der Waals surface area contributed by atoms with E-state index in [1.165, 1.54) is 23.1 Å². The molecule has 2 aliphatic rings. The van der Waals surface area contributed by atoms with Crippen molar-refractivity contribution in [2.45, 2.75) is 58.4 Å². The molecule has 0 saturated carbocycles. The molecule has 1 N–H and O–H groups in total. The molecular formula is C23H30N2O2. The Hall–Kier alpha value is -2.07. The van der Waals surface area contributed by atoms with Crippen molar-refractivity contribution in [2.24, 2.45) is 0 Å². The molecule has 1 aliphatic heterocycles. The van der Waals surface area contributed by atoms with Gasteiger partial charge in [0.1, 0.15) is 5.58 Å². The van der Waals surface area contributed by atoms with Crippen molar-refractivity contribution in [3.05, 3.63) is 46.7 Å². The molecule has 4 rings (SSSR count). The molecule has 27 heavy (non-hydrogen) atoms. The van der Waals surface area contributed by atoms with E-state index in [-0.39, 0.29) is 5.91 Å². The molecule has 2 heterocycles. The fourth-order valence-electron chi connectivity index (χ4n) is 4.31. The highest BCUT2D eigenvalue weighted by Crippen LogP contribution is 2.30. The molecule has 4 nitrogen and oxygen atoms in total. The molecule has 0 bridgehead atoms. The number of piperidine rings is 1. The number of nitrogens with zero attached hydrogens (tertiary/aromatic N) is 1. The van der Waals surface area contributed by atoms with E-state index < -0.39 is 0 Å². The molecule has 144 valence electrons. The zero-order chi connectivity index (χ0) is 18.8. The van der Waals surface area contributed by atoms with Crippen molar-refractivity contribution in [1.82, 2.24) is 10.2 Å². The van der Waals surface area contributed by atoms with Gasteiger partial charge < -0.3 is 9.73 Å². The van der Waals surface area contributed by atoms with Crippen LogP contribution >= 0.6 is 0 Å². The number of hydrogen-bond acceptors (Lipinski definition) is 3. The maximum Gasteiger partial charge on any atom is 0.224 e. The SMILES string of the molecule is CC(C)=CCN1CCC(NC(=O)Cc2coc3cc4c(cc23)CCC4)CC1. The van der Waals surface area contributed by atoms with Crippen LogP contribution in [0.25, 0.3) is 11.0 Å². The van der Waals surface area contributed by atoms with E-state index in [0.29, 0.717) is 12.5 Å². The summed E-state index contributed by atoms with van der Waals surface area (Å²) in [4.78, 5) is 15.0. The number of rotatable bonds is 5. The van der Waals surface area contributed by atoms with Gasteiger partial charge in [-0.25, -0.2) is 0 Å². The number of amides is 1. The lowest BCUT2D eigenvalue weighted by Gasteiger charge is -2.31. The van der Waals surface area contributed by atoms with Crippen molar-refractivity contribution in [3.8, 4) is 0 Å². The van der Waals surface area contributed by atoms with Crippen LogP contribution in [-0.2, 0) is 24.1 Å². The maximum atomic E-state index is 12.6. The summed E-state index contributed by atoms with van der Waals surface area (Å²) >= 11 is 0. The van der Waals surface area contributed by atoms with Gasteiger partial charge in [0.25, 0.3) is 0 Å². The average Bonchev–Trinajstić information content (AvgIpc) is 3.26. The summed E-state index contributed by atoms with van der Waals surface area (Å²) in [5.41, 5.74) is 6.13. The van der Waals surface area contributed by atoms with Crippen LogP contribution in [0, 0.1) is 0 Å². The molecule has 1 fully saturated rings. The quantitative estimate of drug-likeness (QED) is 0.813. The standard InChI is InChI=1S/C23H30N2O2/c1-16(2)6-9-25-10-7-20(8-11-25)24-23(26)14-19-15-27-22-13-18-5-3-4-17(18)12-21(19)22/h6,12-13,15,20H,3-5,7-11,14H2,1-2H3,(H,24,26). The number of benzene rings is 1. The molecule has 0 atom stereocenters. The highest BCUT2D eigenvalue weighted by molar-refractivity contribution is 5.88. The highest BCUT2D eigenvalue weighted by atomic mass is 16.3. The molecule has 0 unspecified atom stereocenters. The average molecular weight is 367 g/mol. The van der Waals surface area contributed by atoms with E-state index in [9.17, 15) is 4.79 Å². The summed E-state index contributed by atoms with van der Waals surface area (Å²) in [5, 5.41) is 4.35. The molecule has 1 amide bonds. The predicted molar refractivity (Wildman–Crippen MR) is 109 cm³/mol. The minimum absolute atomic E-state index is 0.112. The molecule has 0 spiro atoms. The van der Waals surface area contributed by atoms with Crippen molar-refractivity contribution < 1.29 is 9.21 Å². The summed E-state index contributed by atoms with van der Waals surface area (Å²) in [6, 6.07) is 4.70. The smallest absolute Gasteiger partial charge is 0.224 e.